The number of hydrogen-bond donors (Lipinski definition) is 2. The first-order chi connectivity index (χ1) is 13.4. The Balaban J connectivity index is 2.24. The van der Waals surface area contributed by atoms with E-state index in [0.29, 0.717) is 6.54 Å². The van der Waals surface area contributed by atoms with Gasteiger partial charge in [-0.05, 0) is 37.6 Å². The number of thioether (sulfide) groups is 1. The lowest BCUT2D eigenvalue weighted by Crippen LogP contribution is -2.41. The van der Waals surface area contributed by atoms with Gasteiger partial charge in [0.15, 0.2) is 5.69 Å². The maximum absolute atomic E-state index is 12.8. The molecule has 0 atom stereocenters. The number of anilines is 2. The summed E-state index contributed by atoms with van der Waals surface area (Å²) in [4.78, 5) is 41.7. The van der Waals surface area contributed by atoms with Gasteiger partial charge in [-0.15, -0.1) is 11.8 Å². The van der Waals surface area contributed by atoms with Crippen molar-refractivity contribution in [3.63, 3.8) is 0 Å². The van der Waals surface area contributed by atoms with Crippen LogP contribution in [0.25, 0.3) is 0 Å². The zero-order valence-electron chi connectivity index (χ0n) is 16.4. The highest BCUT2D eigenvalue weighted by Crippen LogP contribution is 2.23. The first kappa shape index (κ1) is 21.6. The topological polar surface area (TPSA) is 110 Å². The number of aromatic nitrogens is 2. The van der Waals surface area contributed by atoms with Crippen LogP contribution in [0.5, 0.6) is 5.75 Å². The minimum absolute atomic E-state index is 0.0202. The molecular formula is C19H26N4O4S. The number of ether oxygens (including phenoxy) is 1. The third kappa shape index (κ3) is 4.98. The minimum atomic E-state index is -0.653. The fourth-order valence-electron chi connectivity index (χ4n) is 2.73. The van der Waals surface area contributed by atoms with Gasteiger partial charge in [0.25, 0.3) is 5.56 Å². The molecule has 0 radical (unpaired) electrons. The quantitative estimate of drug-likeness (QED) is 0.617. The second-order valence-electron chi connectivity index (χ2n) is 6.10. The van der Waals surface area contributed by atoms with Gasteiger partial charge in [0, 0.05) is 18.0 Å². The molecule has 1 heterocycles. The minimum Gasteiger partial charge on any atom is -0.497 e. The highest BCUT2D eigenvalue weighted by Gasteiger charge is 2.22. The number of carbonyl (C=O) groups is 1. The van der Waals surface area contributed by atoms with Crippen molar-refractivity contribution in [2.75, 3.05) is 30.0 Å². The van der Waals surface area contributed by atoms with E-state index in [2.05, 4.69) is 4.98 Å². The van der Waals surface area contributed by atoms with Crippen LogP contribution in [0, 0.1) is 0 Å². The maximum Gasteiger partial charge on any atom is 0.330 e. The molecular weight excluding hydrogens is 380 g/mol. The molecule has 1 amide bonds. The zero-order valence-corrected chi connectivity index (χ0v) is 17.2. The smallest absolute Gasteiger partial charge is 0.330 e. The van der Waals surface area contributed by atoms with E-state index in [1.807, 2.05) is 31.2 Å². The molecule has 0 unspecified atom stereocenters. The number of nitrogen functional groups attached to an aromatic ring is 1. The fourth-order valence-corrected chi connectivity index (χ4v) is 3.51. The molecule has 0 aliphatic rings. The van der Waals surface area contributed by atoms with Crippen LogP contribution >= 0.6 is 11.8 Å². The molecule has 2 aromatic rings. The molecule has 0 saturated carbocycles. The highest BCUT2D eigenvalue weighted by molar-refractivity contribution is 8.00. The maximum atomic E-state index is 12.8. The van der Waals surface area contributed by atoms with E-state index >= 15 is 0 Å². The van der Waals surface area contributed by atoms with Gasteiger partial charge in [0.05, 0.1) is 12.9 Å². The molecule has 1 aromatic carbocycles. The average Bonchev–Trinajstić information content (AvgIpc) is 2.69. The number of nitrogens with one attached hydrogen (secondary N) is 1. The number of benzene rings is 1. The number of unbranched alkanes of at least 4 members (excludes halogenated alkanes) is 1. The Bertz CT molecular complexity index is 921. The van der Waals surface area contributed by atoms with Crippen molar-refractivity contribution in [1.82, 2.24) is 9.55 Å². The number of aromatic amines is 1. The van der Waals surface area contributed by atoms with Crippen LogP contribution in [0.3, 0.4) is 0 Å². The Morgan fingerprint density at radius 3 is 2.50 bits per heavy atom. The first-order valence-corrected chi connectivity index (χ1v) is 10.1. The van der Waals surface area contributed by atoms with Crippen LogP contribution in [-0.2, 0) is 11.3 Å². The Morgan fingerprint density at radius 2 is 1.93 bits per heavy atom. The van der Waals surface area contributed by atoms with Crippen LogP contribution in [0.1, 0.15) is 26.7 Å². The van der Waals surface area contributed by atoms with Gasteiger partial charge in [0.1, 0.15) is 11.6 Å². The Kier molecular flexibility index (Phi) is 7.74. The zero-order chi connectivity index (χ0) is 20.7. The van der Waals surface area contributed by atoms with Crippen molar-refractivity contribution >= 4 is 29.2 Å². The van der Waals surface area contributed by atoms with Crippen molar-refractivity contribution in [1.29, 1.82) is 0 Å². The van der Waals surface area contributed by atoms with Crippen LogP contribution in [0.15, 0.2) is 38.8 Å². The van der Waals surface area contributed by atoms with Crippen LogP contribution in [-0.4, -0.2) is 34.9 Å². The largest absolute Gasteiger partial charge is 0.497 e. The van der Waals surface area contributed by atoms with Gasteiger partial charge in [-0.1, -0.05) is 13.3 Å². The molecule has 28 heavy (non-hydrogen) atoms. The summed E-state index contributed by atoms with van der Waals surface area (Å²) in [5, 5.41) is 0. The van der Waals surface area contributed by atoms with Gasteiger partial charge < -0.3 is 15.4 Å². The second kappa shape index (κ2) is 10.0. The molecule has 9 heteroatoms. The van der Waals surface area contributed by atoms with Crippen LogP contribution in [0.2, 0.25) is 0 Å². The van der Waals surface area contributed by atoms with Crippen molar-refractivity contribution in [2.45, 2.75) is 38.1 Å². The first-order valence-electron chi connectivity index (χ1n) is 9.12. The standard InChI is InChI=1S/C19H26N4O4S/c1-4-6-11-23-17(20)16(18(25)21-19(23)26)22(5-2)15(24)12-28-14-9-7-13(27-3)8-10-14/h7-10H,4-6,11-12,20H2,1-3H3,(H,21,25,26). The van der Waals surface area contributed by atoms with Gasteiger partial charge in [-0.25, -0.2) is 4.79 Å². The Labute approximate surface area is 167 Å². The summed E-state index contributed by atoms with van der Waals surface area (Å²) >= 11 is 1.35. The van der Waals surface area contributed by atoms with Crippen LogP contribution < -0.4 is 26.6 Å². The van der Waals surface area contributed by atoms with E-state index in [9.17, 15) is 14.4 Å². The molecule has 0 aliphatic carbocycles. The third-order valence-corrected chi connectivity index (χ3v) is 5.26. The van der Waals surface area contributed by atoms with Crippen molar-refractivity contribution in [2.24, 2.45) is 0 Å². The molecule has 0 bridgehead atoms. The lowest BCUT2D eigenvalue weighted by Gasteiger charge is -2.23. The summed E-state index contributed by atoms with van der Waals surface area (Å²) in [6.45, 7) is 4.40. The number of H-pyrrole nitrogens is 1. The summed E-state index contributed by atoms with van der Waals surface area (Å²) in [7, 11) is 1.59. The average molecular weight is 407 g/mol. The number of nitrogens with two attached hydrogens (primary N) is 1. The Hall–Kier alpha value is -2.68. The SMILES string of the molecule is CCCCn1c(N)c(N(CC)C(=O)CSc2ccc(OC)cc2)c(=O)[nH]c1=O. The van der Waals surface area contributed by atoms with Crippen molar-refractivity contribution in [3.05, 3.63) is 45.1 Å². The second-order valence-corrected chi connectivity index (χ2v) is 7.15. The fraction of sp³-hybridized carbons (Fsp3) is 0.421. The van der Waals surface area contributed by atoms with E-state index in [-0.39, 0.29) is 29.7 Å². The number of hydrogen-bond acceptors (Lipinski definition) is 6. The summed E-state index contributed by atoms with van der Waals surface area (Å²) in [6.07, 6.45) is 1.61. The van der Waals surface area contributed by atoms with Crippen LogP contribution in [0.4, 0.5) is 11.5 Å². The van der Waals surface area contributed by atoms with Gasteiger partial charge >= 0.3 is 5.69 Å². The molecule has 0 saturated heterocycles. The van der Waals surface area contributed by atoms with E-state index in [1.165, 1.54) is 21.2 Å². The number of rotatable bonds is 9. The summed E-state index contributed by atoms with van der Waals surface area (Å²) in [5.41, 5.74) is 4.92. The van der Waals surface area contributed by atoms with Gasteiger partial charge in [-0.3, -0.25) is 19.1 Å². The number of methoxy groups -OCH3 is 1. The Morgan fingerprint density at radius 1 is 1.25 bits per heavy atom. The number of amides is 1. The highest BCUT2D eigenvalue weighted by atomic mass is 32.2. The molecule has 0 spiro atoms. The molecule has 8 nitrogen and oxygen atoms in total. The third-order valence-electron chi connectivity index (χ3n) is 4.26. The van der Waals surface area contributed by atoms with E-state index in [0.717, 1.165) is 23.5 Å². The van der Waals surface area contributed by atoms with E-state index < -0.39 is 11.2 Å². The van der Waals surface area contributed by atoms with E-state index in [4.69, 9.17) is 10.5 Å². The summed E-state index contributed by atoms with van der Waals surface area (Å²) in [6, 6.07) is 7.35. The lowest BCUT2D eigenvalue weighted by atomic mass is 10.3. The predicted octanol–water partition coefficient (Wildman–Crippen LogP) is 2.07. The lowest BCUT2D eigenvalue weighted by molar-refractivity contribution is -0.116. The molecule has 2 rings (SSSR count). The summed E-state index contributed by atoms with van der Waals surface area (Å²) in [5.74, 6) is 0.625. The number of nitrogens with zero attached hydrogens (tertiary/aromatic N) is 2. The monoisotopic (exact) mass is 406 g/mol. The normalized spacial score (nSPS) is 10.7. The molecule has 0 aliphatic heterocycles. The van der Waals surface area contributed by atoms with Gasteiger partial charge in [-0.2, -0.15) is 0 Å². The molecule has 0 fully saturated rings. The summed E-state index contributed by atoms with van der Waals surface area (Å²) < 4.78 is 6.43. The molecule has 3 N–H and O–H groups in total. The van der Waals surface area contributed by atoms with Gasteiger partial charge in [0.2, 0.25) is 5.91 Å². The van der Waals surface area contributed by atoms with Crippen molar-refractivity contribution in [3.8, 4) is 5.75 Å². The van der Waals surface area contributed by atoms with Crippen molar-refractivity contribution < 1.29 is 9.53 Å². The number of carbonyl (C=O) groups excluding carboxylic acids is 1. The molecule has 1 aromatic heterocycles. The predicted molar refractivity (Wildman–Crippen MR) is 112 cm³/mol. The molecule has 152 valence electrons. The van der Waals surface area contributed by atoms with E-state index in [1.54, 1.807) is 14.0 Å².